The van der Waals surface area contributed by atoms with Crippen molar-refractivity contribution in [2.75, 3.05) is 11.9 Å². The first-order valence-electron chi connectivity index (χ1n) is 4.88. The molecular weight excluding hydrogens is 196 g/mol. The molecule has 1 saturated carbocycles. The Labute approximate surface area is 86.9 Å². The van der Waals surface area contributed by atoms with Crippen LogP contribution in [0.3, 0.4) is 0 Å². The monoisotopic (exact) mass is 208 g/mol. The Morgan fingerprint density at radius 2 is 2.27 bits per heavy atom. The maximum atomic E-state index is 10.7. The molecule has 2 N–H and O–H groups in total. The minimum Gasteiger partial charge on any atom is -0.508 e. The third-order valence-corrected chi connectivity index (χ3v) is 2.46. The fraction of sp³-hybridized carbons (Fsp3) is 0.400. The van der Waals surface area contributed by atoms with Crippen molar-refractivity contribution in [3.05, 3.63) is 28.3 Å². The maximum Gasteiger partial charge on any atom is 0.296 e. The standard InChI is InChI=1S/C10H12N2O3/c13-8-3-4-9(10(5-8)12(14)15)11-6-7-1-2-7/h3-5,7,11,13H,1-2,6H2. The van der Waals surface area contributed by atoms with Crippen molar-refractivity contribution < 1.29 is 10.0 Å². The second kappa shape index (κ2) is 3.76. The Morgan fingerprint density at radius 1 is 1.53 bits per heavy atom. The van der Waals surface area contributed by atoms with Crippen molar-refractivity contribution in [2.24, 2.45) is 5.92 Å². The van der Waals surface area contributed by atoms with Crippen molar-refractivity contribution in [1.29, 1.82) is 0 Å². The lowest BCUT2D eigenvalue weighted by atomic mass is 10.2. The highest BCUT2D eigenvalue weighted by atomic mass is 16.6. The molecule has 0 saturated heterocycles. The summed E-state index contributed by atoms with van der Waals surface area (Å²) < 4.78 is 0. The van der Waals surface area contributed by atoms with Gasteiger partial charge < -0.3 is 10.4 Å². The van der Waals surface area contributed by atoms with Crippen LogP contribution in [-0.2, 0) is 0 Å². The van der Waals surface area contributed by atoms with E-state index in [2.05, 4.69) is 5.32 Å². The van der Waals surface area contributed by atoms with Crippen molar-refractivity contribution in [3.63, 3.8) is 0 Å². The van der Waals surface area contributed by atoms with Gasteiger partial charge in [-0.25, -0.2) is 0 Å². The molecule has 0 amide bonds. The first-order valence-corrected chi connectivity index (χ1v) is 4.88. The van der Waals surface area contributed by atoms with Crippen LogP contribution < -0.4 is 5.32 Å². The molecule has 1 aromatic rings. The lowest BCUT2D eigenvalue weighted by molar-refractivity contribution is -0.384. The first kappa shape index (κ1) is 9.76. The summed E-state index contributed by atoms with van der Waals surface area (Å²) in [7, 11) is 0. The number of hydrogen-bond donors (Lipinski definition) is 2. The van der Waals surface area contributed by atoms with Crippen LogP contribution in [0.5, 0.6) is 5.75 Å². The molecule has 1 fully saturated rings. The normalized spacial score (nSPS) is 14.9. The molecule has 2 rings (SSSR count). The van der Waals surface area contributed by atoms with Gasteiger partial charge in [-0.05, 0) is 30.9 Å². The SMILES string of the molecule is O=[N+]([O-])c1cc(O)ccc1NCC1CC1. The highest BCUT2D eigenvalue weighted by molar-refractivity contribution is 5.63. The summed E-state index contributed by atoms with van der Waals surface area (Å²) in [5, 5.41) is 22.9. The van der Waals surface area contributed by atoms with E-state index in [9.17, 15) is 10.1 Å². The Hall–Kier alpha value is -1.78. The topological polar surface area (TPSA) is 75.4 Å². The number of nitrogens with one attached hydrogen (secondary N) is 1. The second-order valence-corrected chi connectivity index (χ2v) is 3.78. The number of nitrogens with zero attached hydrogens (tertiary/aromatic N) is 1. The van der Waals surface area contributed by atoms with E-state index >= 15 is 0 Å². The third kappa shape index (κ3) is 2.37. The van der Waals surface area contributed by atoms with Gasteiger partial charge in [0.15, 0.2) is 0 Å². The van der Waals surface area contributed by atoms with Crippen molar-refractivity contribution in [1.82, 2.24) is 0 Å². The van der Waals surface area contributed by atoms with Gasteiger partial charge in [0.2, 0.25) is 0 Å². The molecule has 80 valence electrons. The minimum atomic E-state index is -0.491. The molecule has 5 nitrogen and oxygen atoms in total. The smallest absolute Gasteiger partial charge is 0.296 e. The van der Waals surface area contributed by atoms with E-state index in [1.807, 2.05) is 0 Å². The van der Waals surface area contributed by atoms with Gasteiger partial charge in [-0.15, -0.1) is 0 Å². The van der Waals surface area contributed by atoms with Gasteiger partial charge in [-0.2, -0.15) is 0 Å². The second-order valence-electron chi connectivity index (χ2n) is 3.78. The van der Waals surface area contributed by atoms with E-state index in [-0.39, 0.29) is 11.4 Å². The summed E-state index contributed by atoms with van der Waals surface area (Å²) in [6.07, 6.45) is 2.39. The molecule has 15 heavy (non-hydrogen) atoms. The number of phenolic OH excluding ortho intramolecular Hbond substituents is 1. The Balaban J connectivity index is 2.15. The van der Waals surface area contributed by atoms with Gasteiger partial charge in [-0.1, -0.05) is 0 Å². The predicted molar refractivity (Wildman–Crippen MR) is 56.0 cm³/mol. The van der Waals surface area contributed by atoms with E-state index in [1.165, 1.54) is 25.0 Å². The molecule has 0 aliphatic heterocycles. The molecular formula is C10H12N2O3. The highest BCUT2D eigenvalue weighted by Crippen LogP contribution is 2.32. The summed E-state index contributed by atoms with van der Waals surface area (Å²) in [5.74, 6) is 0.567. The zero-order chi connectivity index (χ0) is 10.8. The zero-order valence-corrected chi connectivity index (χ0v) is 8.14. The van der Waals surface area contributed by atoms with Gasteiger partial charge in [0.05, 0.1) is 11.0 Å². The fourth-order valence-corrected chi connectivity index (χ4v) is 1.40. The molecule has 5 heteroatoms. The maximum absolute atomic E-state index is 10.7. The Bertz CT molecular complexity index is 388. The van der Waals surface area contributed by atoms with E-state index in [4.69, 9.17) is 5.11 Å². The largest absolute Gasteiger partial charge is 0.508 e. The third-order valence-electron chi connectivity index (χ3n) is 2.46. The zero-order valence-electron chi connectivity index (χ0n) is 8.14. The van der Waals surface area contributed by atoms with Gasteiger partial charge in [0, 0.05) is 6.54 Å². The predicted octanol–water partition coefficient (Wildman–Crippen LogP) is 2.12. The molecule has 0 bridgehead atoms. The van der Waals surface area contributed by atoms with Gasteiger partial charge in [0.25, 0.3) is 5.69 Å². The molecule has 1 aromatic carbocycles. The summed E-state index contributed by atoms with van der Waals surface area (Å²) in [6.45, 7) is 0.769. The lowest BCUT2D eigenvalue weighted by Gasteiger charge is -2.05. The van der Waals surface area contributed by atoms with E-state index in [0.29, 0.717) is 11.6 Å². The number of benzene rings is 1. The summed E-state index contributed by atoms with van der Waals surface area (Å²) >= 11 is 0. The molecule has 0 spiro atoms. The van der Waals surface area contributed by atoms with Gasteiger partial charge in [0.1, 0.15) is 11.4 Å². The fourth-order valence-electron chi connectivity index (χ4n) is 1.40. The number of phenols is 1. The molecule has 0 radical (unpaired) electrons. The number of rotatable bonds is 4. The quantitative estimate of drug-likeness (QED) is 0.451. The van der Waals surface area contributed by atoms with Crippen LogP contribution in [0.1, 0.15) is 12.8 Å². The van der Waals surface area contributed by atoms with Crippen LogP contribution in [0.15, 0.2) is 18.2 Å². The van der Waals surface area contributed by atoms with Gasteiger partial charge >= 0.3 is 0 Å². The molecule has 0 atom stereocenters. The molecule has 0 unspecified atom stereocenters. The number of anilines is 1. The van der Waals surface area contributed by atoms with Gasteiger partial charge in [-0.3, -0.25) is 10.1 Å². The first-order chi connectivity index (χ1) is 7.16. The lowest BCUT2D eigenvalue weighted by Crippen LogP contribution is -2.05. The Kier molecular flexibility index (Phi) is 2.45. The van der Waals surface area contributed by atoms with Crippen LogP contribution >= 0.6 is 0 Å². The highest BCUT2D eigenvalue weighted by Gasteiger charge is 2.22. The van der Waals surface area contributed by atoms with Crippen LogP contribution in [0.4, 0.5) is 11.4 Å². The van der Waals surface area contributed by atoms with E-state index in [1.54, 1.807) is 0 Å². The number of hydrogen-bond acceptors (Lipinski definition) is 4. The Morgan fingerprint density at radius 3 is 2.87 bits per heavy atom. The average Bonchev–Trinajstić information content (AvgIpc) is 2.99. The van der Waals surface area contributed by atoms with E-state index < -0.39 is 4.92 Å². The molecule has 0 heterocycles. The molecule has 0 aromatic heterocycles. The van der Waals surface area contributed by atoms with E-state index in [0.717, 1.165) is 12.6 Å². The average molecular weight is 208 g/mol. The minimum absolute atomic E-state index is 0.0735. The number of nitro groups is 1. The van der Waals surface area contributed by atoms with Crippen molar-refractivity contribution in [2.45, 2.75) is 12.8 Å². The summed E-state index contributed by atoms with van der Waals surface area (Å²) in [4.78, 5) is 10.2. The summed E-state index contributed by atoms with van der Waals surface area (Å²) in [5.41, 5.74) is 0.403. The summed E-state index contributed by atoms with van der Waals surface area (Å²) in [6, 6.07) is 4.15. The number of nitro benzene ring substituents is 1. The van der Waals surface area contributed by atoms with Crippen molar-refractivity contribution in [3.8, 4) is 5.75 Å². The van der Waals surface area contributed by atoms with Crippen LogP contribution in [0.25, 0.3) is 0 Å². The molecule has 1 aliphatic rings. The number of aromatic hydroxyl groups is 1. The van der Waals surface area contributed by atoms with Crippen LogP contribution in [0.2, 0.25) is 0 Å². The van der Waals surface area contributed by atoms with Crippen LogP contribution in [-0.4, -0.2) is 16.6 Å². The molecule has 1 aliphatic carbocycles. The van der Waals surface area contributed by atoms with Crippen LogP contribution in [0, 0.1) is 16.0 Å². The van der Waals surface area contributed by atoms with Crippen molar-refractivity contribution >= 4 is 11.4 Å².